The molecule has 29 heavy (non-hydrogen) atoms. The molecular formula is C22H28N4O3. The van der Waals surface area contributed by atoms with E-state index in [2.05, 4.69) is 15.2 Å². The van der Waals surface area contributed by atoms with Gasteiger partial charge in [-0.3, -0.25) is 24.3 Å². The third-order valence-corrected chi connectivity index (χ3v) is 5.40. The van der Waals surface area contributed by atoms with Crippen molar-refractivity contribution in [2.45, 2.75) is 45.2 Å². The molecule has 7 heteroatoms. The Labute approximate surface area is 170 Å². The first-order valence-corrected chi connectivity index (χ1v) is 10.1. The summed E-state index contributed by atoms with van der Waals surface area (Å²) in [6.45, 7) is 3.38. The zero-order valence-corrected chi connectivity index (χ0v) is 16.8. The van der Waals surface area contributed by atoms with Crippen LogP contribution in [0.1, 0.15) is 38.3 Å². The lowest BCUT2D eigenvalue weighted by Gasteiger charge is -2.19. The molecule has 1 fully saturated rings. The van der Waals surface area contributed by atoms with Gasteiger partial charge in [-0.15, -0.1) is 0 Å². The molecule has 0 saturated carbocycles. The summed E-state index contributed by atoms with van der Waals surface area (Å²) in [6.07, 6.45) is 2.03. The van der Waals surface area contributed by atoms with Gasteiger partial charge in [0.25, 0.3) is 0 Å². The number of rotatable bonds is 7. The van der Waals surface area contributed by atoms with Crippen molar-refractivity contribution in [2.75, 3.05) is 13.1 Å². The van der Waals surface area contributed by atoms with E-state index in [1.54, 1.807) is 6.92 Å². The highest BCUT2D eigenvalue weighted by Crippen LogP contribution is 2.16. The maximum absolute atomic E-state index is 12.7. The van der Waals surface area contributed by atoms with E-state index in [0.717, 1.165) is 29.6 Å². The lowest BCUT2D eigenvalue weighted by atomic mass is 10.0. The summed E-state index contributed by atoms with van der Waals surface area (Å²) in [4.78, 5) is 42.7. The fourth-order valence-electron chi connectivity index (χ4n) is 3.56. The van der Waals surface area contributed by atoms with Crippen LogP contribution in [-0.2, 0) is 20.9 Å². The summed E-state index contributed by atoms with van der Waals surface area (Å²) < 4.78 is 0. The Morgan fingerprint density at radius 1 is 1.28 bits per heavy atom. The molecule has 2 aromatic rings. The van der Waals surface area contributed by atoms with Crippen molar-refractivity contribution in [2.24, 2.45) is 11.7 Å². The Morgan fingerprint density at radius 2 is 2.07 bits per heavy atom. The summed E-state index contributed by atoms with van der Waals surface area (Å²) in [5.74, 6) is -0.961. The van der Waals surface area contributed by atoms with Crippen molar-refractivity contribution in [3.63, 3.8) is 0 Å². The minimum atomic E-state index is -0.471. The number of Topliss-reactive ketones (excluding diaryl/α,β-unsaturated/α-hetero) is 1. The van der Waals surface area contributed by atoms with Crippen LogP contribution >= 0.6 is 0 Å². The molecule has 1 saturated heterocycles. The SMILES string of the molecule is CC(CCC(=O)N[C@H]1CCCN(Cc2ccc3ccccc3n2)CC1=O)C(N)=O. The zero-order valence-electron chi connectivity index (χ0n) is 16.8. The summed E-state index contributed by atoms with van der Waals surface area (Å²) >= 11 is 0. The molecule has 1 unspecified atom stereocenters. The number of carbonyl (C=O) groups excluding carboxylic acids is 3. The fourth-order valence-corrected chi connectivity index (χ4v) is 3.56. The molecule has 0 bridgehead atoms. The van der Waals surface area contributed by atoms with Crippen LogP contribution in [0.5, 0.6) is 0 Å². The van der Waals surface area contributed by atoms with Crippen LogP contribution in [0.2, 0.25) is 0 Å². The number of pyridine rings is 1. The standard InChI is InChI=1S/C22H28N4O3/c1-15(22(23)29)8-11-21(28)25-19-7-4-12-26(14-20(19)27)13-17-10-9-16-5-2-3-6-18(16)24-17/h2-3,5-6,9-10,15,19H,4,7-8,11-14H2,1H3,(H2,23,29)(H,25,28)/t15?,19-/m0/s1. The van der Waals surface area contributed by atoms with E-state index in [1.807, 2.05) is 36.4 Å². The summed E-state index contributed by atoms with van der Waals surface area (Å²) in [5.41, 5.74) is 7.10. The van der Waals surface area contributed by atoms with Gasteiger partial charge in [0.15, 0.2) is 5.78 Å². The lowest BCUT2D eigenvalue weighted by molar-refractivity contribution is -0.128. The van der Waals surface area contributed by atoms with Gasteiger partial charge < -0.3 is 11.1 Å². The summed E-state index contributed by atoms with van der Waals surface area (Å²) in [7, 11) is 0. The Morgan fingerprint density at radius 3 is 2.86 bits per heavy atom. The average molecular weight is 396 g/mol. The van der Waals surface area contributed by atoms with E-state index in [0.29, 0.717) is 19.4 Å². The first-order valence-electron chi connectivity index (χ1n) is 10.1. The number of nitrogens with one attached hydrogen (secondary N) is 1. The van der Waals surface area contributed by atoms with Crippen LogP contribution in [0.4, 0.5) is 0 Å². The molecule has 2 atom stereocenters. The van der Waals surface area contributed by atoms with E-state index in [9.17, 15) is 14.4 Å². The smallest absolute Gasteiger partial charge is 0.220 e. The lowest BCUT2D eigenvalue weighted by Crippen LogP contribution is -2.43. The van der Waals surface area contributed by atoms with Crippen molar-refractivity contribution in [3.05, 3.63) is 42.1 Å². The van der Waals surface area contributed by atoms with Gasteiger partial charge in [-0.2, -0.15) is 0 Å². The number of benzene rings is 1. The number of ketones is 1. The minimum absolute atomic E-state index is 0.0135. The molecule has 1 aromatic carbocycles. The molecule has 2 heterocycles. The van der Waals surface area contributed by atoms with Gasteiger partial charge in [0, 0.05) is 24.3 Å². The number of carbonyl (C=O) groups is 3. The molecule has 2 amide bonds. The zero-order chi connectivity index (χ0) is 20.8. The highest BCUT2D eigenvalue weighted by Gasteiger charge is 2.26. The summed E-state index contributed by atoms with van der Waals surface area (Å²) in [5, 5.41) is 3.92. The number of hydrogen-bond donors (Lipinski definition) is 2. The Bertz CT molecular complexity index is 899. The van der Waals surface area contributed by atoms with Crippen LogP contribution in [0.25, 0.3) is 10.9 Å². The largest absolute Gasteiger partial charge is 0.369 e. The third kappa shape index (κ3) is 5.84. The maximum atomic E-state index is 12.7. The number of fused-ring (bicyclic) bond motifs is 1. The molecule has 0 aliphatic carbocycles. The molecule has 1 aliphatic heterocycles. The van der Waals surface area contributed by atoms with Crippen molar-refractivity contribution in [1.29, 1.82) is 0 Å². The number of primary amides is 1. The van der Waals surface area contributed by atoms with Gasteiger partial charge in [0.2, 0.25) is 11.8 Å². The molecule has 3 rings (SSSR count). The number of aromatic nitrogens is 1. The average Bonchev–Trinajstić information content (AvgIpc) is 2.87. The third-order valence-electron chi connectivity index (χ3n) is 5.40. The minimum Gasteiger partial charge on any atom is -0.369 e. The summed E-state index contributed by atoms with van der Waals surface area (Å²) in [6, 6.07) is 11.5. The second-order valence-corrected chi connectivity index (χ2v) is 7.78. The number of hydrogen-bond acceptors (Lipinski definition) is 5. The van der Waals surface area contributed by atoms with Gasteiger partial charge in [0.1, 0.15) is 0 Å². The van der Waals surface area contributed by atoms with Crippen molar-refractivity contribution in [1.82, 2.24) is 15.2 Å². The van der Waals surface area contributed by atoms with Gasteiger partial charge in [-0.1, -0.05) is 31.2 Å². The van der Waals surface area contributed by atoms with Gasteiger partial charge in [0.05, 0.1) is 23.8 Å². The Kier molecular flexibility index (Phi) is 6.93. The van der Waals surface area contributed by atoms with Crippen LogP contribution in [0, 0.1) is 5.92 Å². The molecule has 3 N–H and O–H groups in total. The predicted molar refractivity (Wildman–Crippen MR) is 111 cm³/mol. The van der Waals surface area contributed by atoms with E-state index in [4.69, 9.17) is 5.73 Å². The van der Waals surface area contributed by atoms with E-state index < -0.39 is 11.9 Å². The molecule has 154 valence electrons. The van der Waals surface area contributed by atoms with Crippen LogP contribution in [0.15, 0.2) is 36.4 Å². The van der Waals surface area contributed by atoms with Gasteiger partial charge in [-0.25, -0.2) is 0 Å². The van der Waals surface area contributed by atoms with Crippen LogP contribution < -0.4 is 11.1 Å². The monoisotopic (exact) mass is 396 g/mol. The Balaban J connectivity index is 1.54. The van der Waals surface area contributed by atoms with Crippen molar-refractivity contribution >= 4 is 28.5 Å². The molecule has 0 radical (unpaired) electrons. The number of likely N-dealkylation sites (tertiary alicyclic amines) is 1. The van der Waals surface area contributed by atoms with Crippen molar-refractivity contribution < 1.29 is 14.4 Å². The van der Waals surface area contributed by atoms with Crippen molar-refractivity contribution in [3.8, 4) is 0 Å². The number of nitrogens with zero attached hydrogens (tertiary/aromatic N) is 2. The van der Waals surface area contributed by atoms with Crippen LogP contribution in [0.3, 0.4) is 0 Å². The molecule has 1 aliphatic rings. The second-order valence-electron chi connectivity index (χ2n) is 7.78. The quantitative estimate of drug-likeness (QED) is 0.742. The molecule has 0 spiro atoms. The first kappa shape index (κ1) is 20.9. The highest BCUT2D eigenvalue weighted by atomic mass is 16.2. The Hall–Kier alpha value is -2.80. The molecule has 7 nitrogen and oxygen atoms in total. The maximum Gasteiger partial charge on any atom is 0.220 e. The van der Waals surface area contributed by atoms with Gasteiger partial charge >= 0.3 is 0 Å². The second kappa shape index (κ2) is 9.60. The van der Waals surface area contributed by atoms with Crippen LogP contribution in [-0.4, -0.2) is 46.6 Å². The number of para-hydroxylation sites is 1. The normalized spacial score (nSPS) is 18.9. The fraction of sp³-hybridized carbons (Fsp3) is 0.455. The van der Waals surface area contributed by atoms with Gasteiger partial charge in [-0.05, 0) is 37.9 Å². The molecule has 1 aromatic heterocycles. The van der Waals surface area contributed by atoms with E-state index in [-0.39, 0.29) is 30.6 Å². The van der Waals surface area contributed by atoms with E-state index in [1.165, 1.54) is 0 Å². The highest BCUT2D eigenvalue weighted by molar-refractivity contribution is 5.90. The number of amides is 2. The topological polar surface area (TPSA) is 105 Å². The molecular weight excluding hydrogens is 368 g/mol. The predicted octanol–water partition coefficient (Wildman–Crippen LogP) is 1.79. The number of nitrogens with two attached hydrogens (primary N) is 1. The first-order chi connectivity index (χ1) is 13.9. The van der Waals surface area contributed by atoms with E-state index >= 15 is 0 Å².